The Bertz CT molecular complexity index is 463. The Hall–Kier alpha value is -1.73. The predicted molar refractivity (Wildman–Crippen MR) is 72.2 cm³/mol. The number of piperazine rings is 1. The highest BCUT2D eigenvalue weighted by Crippen LogP contribution is 2.24. The van der Waals surface area contributed by atoms with Crippen molar-refractivity contribution in [3.63, 3.8) is 0 Å². The van der Waals surface area contributed by atoms with Crippen LogP contribution < -0.4 is 11.1 Å². The summed E-state index contributed by atoms with van der Waals surface area (Å²) in [5, 5.41) is 14.2. The lowest BCUT2D eigenvalue weighted by atomic mass is 10.0. The van der Waals surface area contributed by atoms with E-state index in [1.807, 2.05) is 4.90 Å². The summed E-state index contributed by atoms with van der Waals surface area (Å²) in [6.07, 6.45) is 0. The van der Waals surface area contributed by atoms with Gasteiger partial charge in [-0.1, -0.05) is 12.1 Å². The van der Waals surface area contributed by atoms with Gasteiger partial charge in [0, 0.05) is 31.8 Å². The molecule has 0 bridgehead atoms. The first-order valence-corrected chi connectivity index (χ1v) is 6.01. The van der Waals surface area contributed by atoms with Crippen molar-refractivity contribution in [2.24, 2.45) is 5.73 Å². The van der Waals surface area contributed by atoms with Gasteiger partial charge in [-0.15, -0.1) is 0 Å². The fourth-order valence-electron chi connectivity index (χ4n) is 2.08. The van der Waals surface area contributed by atoms with E-state index in [1.54, 1.807) is 12.1 Å². The number of nitrogens with zero attached hydrogens (tertiary/aromatic N) is 2. The summed E-state index contributed by atoms with van der Waals surface area (Å²) in [7, 11) is 0. The van der Waals surface area contributed by atoms with Crippen LogP contribution in [0.5, 0.6) is 0 Å². The molecule has 6 nitrogen and oxygen atoms in total. The second-order valence-corrected chi connectivity index (χ2v) is 4.52. The number of nitro groups is 1. The van der Waals surface area contributed by atoms with E-state index < -0.39 is 4.92 Å². The van der Waals surface area contributed by atoms with Crippen LogP contribution in [0.4, 0.5) is 5.69 Å². The third-order valence-electron chi connectivity index (χ3n) is 3.02. The monoisotopic (exact) mass is 266 g/mol. The molecule has 1 aliphatic heterocycles. The molecule has 2 rings (SSSR count). The summed E-state index contributed by atoms with van der Waals surface area (Å²) in [6.45, 7) is 2.31. The maximum atomic E-state index is 10.6. The van der Waals surface area contributed by atoms with Gasteiger partial charge in [0.2, 0.25) is 0 Å². The normalized spacial score (nSPS) is 19.6. The molecule has 0 radical (unpaired) electrons. The minimum atomic E-state index is -0.408. The highest BCUT2D eigenvalue weighted by molar-refractivity contribution is 7.80. The van der Waals surface area contributed by atoms with Gasteiger partial charge in [-0.2, -0.15) is 0 Å². The number of hydrogen-bond acceptors (Lipinski definition) is 4. The Kier molecular flexibility index (Phi) is 3.73. The molecule has 0 aliphatic carbocycles. The lowest BCUT2D eigenvalue weighted by Gasteiger charge is -2.36. The van der Waals surface area contributed by atoms with Crippen LogP contribution in [0.3, 0.4) is 0 Å². The summed E-state index contributed by atoms with van der Waals surface area (Å²) in [4.78, 5) is 12.1. The van der Waals surface area contributed by atoms with Crippen LogP contribution in [0.2, 0.25) is 0 Å². The van der Waals surface area contributed by atoms with Crippen LogP contribution in [0, 0.1) is 10.1 Å². The van der Waals surface area contributed by atoms with Crippen LogP contribution in [-0.2, 0) is 0 Å². The lowest BCUT2D eigenvalue weighted by Crippen LogP contribution is -2.50. The SMILES string of the molecule is NC(=S)N1CCNCC1c1ccc([N+](=O)[O-])cc1. The van der Waals surface area contributed by atoms with E-state index in [9.17, 15) is 10.1 Å². The number of rotatable bonds is 2. The van der Waals surface area contributed by atoms with E-state index in [4.69, 9.17) is 18.0 Å². The minimum absolute atomic E-state index is 0.0389. The Labute approximate surface area is 110 Å². The standard InChI is InChI=1S/C11H14N4O2S/c12-11(18)14-6-5-13-7-10(14)8-1-3-9(4-2-8)15(16)17/h1-4,10,13H,5-7H2,(H2,12,18). The molecule has 0 spiro atoms. The van der Waals surface area contributed by atoms with Crippen molar-refractivity contribution in [1.82, 2.24) is 10.2 Å². The molecule has 1 aromatic carbocycles. The van der Waals surface area contributed by atoms with Gasteiger partial charge in [-0.25, -0.2) is 0 Å². The summed E-state index contributed by atoms with van der Waals surface area (Å²) >= 11 is 5.03. The Balaban J connectivity index is 2.23. The van der Waals surface area contributed by atoms with E-state index in [-0.39, 0.29) is 11.7 Å². The number of nitrogens with one attached hydrogen (secondary N) is 1. The van der Waals surface area contributed by atoms with Gasteiger partial charge >= 0.3 is 0 Å². The molecule has 7 heteroatoms. The molecule has 0 saturated carbocycles. The van der Waals surface area contributed by atoms with Crippen molar-refractivity contribution >= 4 is 23.0 Å². The molecular formula is C11H14N4O2S. The third kappa shape index (κ3) is 2.57. The summed E-state index contributed by atoms with van der Waals surface area (Å²) in [5.41, 5.74) is 6.75. The molecule has 18 heavy (non-hydrogen) atoms. The average Bonchev–Trinajstić information content (AvgIpc) is 2.39. The number of non-ortho nitro benzene ring substituents is 1. The highest BCUT2D eigenvalue weighted by Gasteiger charge is 2.24. The fraction of sp³-hybridized carbons (Fsp3) is 0.364. The van der Waals surface area contributed by atoms with Gasteiger partial charge in [-0.3, -0.25) is 10.1 Å². The number of hydrogen-bond donors (Lipinski definition) is 2. The third-order valence-corrected chi connectivity index (χ3v) is 3.25. The maximum Gasteiger partial charge on any atom is 0.269 e. The predicted octanol–water partition coefficient (Wildman–Crippen LogP) is 0.785. The summed E-state index contributed by atoms with van der Waals surface area (Å²) in [5.74, 6) is 0. The van der Waals surface area contributed by atoms with Gasteiger partial charge in [0.15, 0.2) is 5.11 Å². The molecule has 0 amide bonds. The zero-order valence-corrected chi connectivity index (χ0v) is 10.5. The fourth-order valence-corrected chi connectivity index (χ4v) is 2.30. The van der Waals surface area contributed by atoms with E-state index in [0.29, 0.717) is 5.11 Å². The first-order chi connectivity index (χ1) is 8.59. The van der Waals surface area contributed by atoms with Crippen molar-refractivity contribution in [1.29, 1.82) is 0 Å². The van der Waals surface area contributed by atoms with Gasteiger partial charge < -0.3 is 16.0 Å². The van der Waals surface area contributed by atoms with Crippen molar-refractivity contribution in [3.8, 4) is 0 Å². The van der Waals surface area contributed by atoms with Crippen molar-refractivity contribution in [2.45, 2.75) is 6.04 Å². The maximum absolute atomic E-state index is 10.6. The van der Waals surface area contributed by atoms with Crippen LogP contribution in [0.25, 0.3) is 0 Å². The zero-order valence-electron chi connectivity index (χ0n) is 9.70. The van der Waals surface area contributed by atoms with Gasteiger partial charge in [-0.05, 0) is 17.8 Å². The molecule has 1 fully saturated rings. The average molecular weight is 266 g/mol. The smallest absolute Gasteiger partial charge is 0.269 e. The molecule has 1 saturated heterocycles. The van der Waals surface area contributed by atoms with E-state index in [1.165, 1.54) is 12.1 Å². The van der Waals surface area contributed by atoms with Gasteiger partial charge in [0.1, 0.15) is 0 Å². The van der Waals surface area contributed by atoms with E-state index >= 15 is 0 Å². The molecule has 3 N–H and O–H groups in total. The Morgan fingerprint density at radius 1 is 1.50 bits per heavy atom. The molecule has 1 unspecified atom stereocenters. The van der Waals surface area contributed by atoms with Crippen LogP contribution in [0.15, 0.2) is 24.3 Å². The van der Waals surface area contributed by atoms with Gasteiger partial charge in [0.25, 0.3) is 5.69 Å². The molecule has 1 aliphatic rings. The van der Waals surface area contributed by atoms with Crippen LogP contribution in [0.1, 0.15) is 11.6 Å². The molecule has 1 aromatic rings. The van der Waals surface area contributed by atoms with Gasteiger partial charge in [0.05, 0.1) is 11.0 Å². The number of nitro benzene ring substituents is 1. The van der Waals surface area contributed by atoms with E-state index in [0.717, 1.165) is 25.2 Å². The first kappa shape index (κ1) is 12.7. The topological polar surface area (TPSA) is 84.4 Å². The quantitative estimate of drug-likeness (QED) is 0.467. The Morgan fingerprint density at radius 2 is 2.17 bits per heavy atom. The molecule has 1 atom stereocenters. The van der Waals surface area contributed by atoms with Crippen molar-refractivity contribution < 1.29 is 4.92 Å². The van der Waals surface area contributed by atoms with Crippen molar-refractivity contribution in [2.75, 3.05) is 19.6 Å². The largest absolute Gasteiger partial charge is 0.376 e. The minimum Gasteiger partial charge on any atom is -0.376 e. The molecule has 1 heterocycles. The Morgan fingerprint density at radius 3 is 2.72 bits per heavy atom. The lowest BCUT2D eigenvalue weighted by molar-refractivity contribution is -0.384. The summed E-state index contributed by atoms with van der Waals surface area (Å²) in [6, 6.07) is 6.54. The first-order valence-electron chi connectivity index (χ1n) is 5.60. The van der Waals surface area contributed by atoms with Crippen LogP contribution >= 0.6 is 12.2 Å². The van der Waals surface area contributed by atoms with E-state index in [2.05, 4.69) is 5.32 Å². The second-order valence-electron chi connectivity index (χ2n) is 4.10. The summed E-state index contributed by atoms with van der Waals surface area (Å²) < 4.78 is 0. The zero-order chi connectivity index (χ0) is 13.1. The molecular weight excluding hydrogens is 252 g/mol. The number of thiocarbonyl (C=S) groups is 1. The number of nitrogens with two attached hydrogens (primary N) is 1. The molecule has 96 valence electrons. The highest BCUT2D eigenvalue weighted by atomic mass is 32.1. The second kappa shape index (κ2) is 5.28. The van der Waals surface area contributed by atoms with Crippen LogP contribution in [-0.4, -0.2) is 34.6 Å². The number of benzene rings is 1. The van der Waals surface area contributed by atoms with Crippen molar-refractivity contribution in [3.05, 3.63) is 39.9 Å². The molecule has 0 aromatic heterocycles.